The third-order valence-electron chi connectivity index (χ3n) is 14.6. The standard InChI is InChI=1S/C65H41N5O/c1-2-19-41(20-3-1)63-66-64(68-65(67-63)70-56-33-14-10-27-48(56)49-28-11-15-34-57(49)70)51-31-17-35-60-62(51)54-38-53(47-26-9-8-25-46(47)45-30-16-23-40-18-6-7-24-44(40)45)59(39-61(54)71-60)69-55-32-13-12-29-50(55)52-36-42-21-4-5-22-43(42)37-58(52)69/h1-39,64H,(H,66,67,68). The SMILES string of the molecule is c1ccc(C2=NC(n3c4ccccc4c4ccccc43)=NC(c3cccc4oc5cc(-n6c7ccccc7c7cc8ccccc8cc76)c(-c6ccccc6-c6cccc7ccccc67)cc5c34)N2)cc1. The fourth-order valence-corrected chi connectivity index (χ4v) is 11.4. The van der Waals surface area contributed by atoms with Crippen molar-refractivity contribution in [3.8, 4) is 27.9 Å². The van der Waals surface area contributed by atoms with Crippen molar-refractivity contribution in [2.75, 3.05) is 0 Å². The third kappa shape index (κ3) is 6.08. The summed E-state index contributed by atoms with van der Waals surface area (Å²) in [4.78, 5) is 10.9. The highest BCUT2D eigenvalue weighted by atomic mass is 16.3. The number of amidine groups is 1. The van der Waals surface area contributed by atoms with E-state index in [1.165, 1.54) is 37.9 Å². The molecule has 0 spiro atoms. The van der Waals surface area contributed by atoms with Crippen LogP contribution in [0.4, 0.5) is 0 Å². The van der Waals surface area contributed by atoms with Crippen molar-refractivity contribution in [1.82, 2.24) is 14.5 Å². The Morgan fingerprint density at radius 2 is 0.944 bits per heavy atom. The molecular formula is C65H41N5O. The average Bonchev–Trinajstić information content (AvgIpc) is 4.09. The molecule has 6 heteroatoms. The first-order valence-electron chi connectivity index (χ1n) is 24.2. The molecule has 0 aliphatic carbocycles. The first kappa shape index (κ1) is 39.5. The van der Waals surface area contributed by atoms with Crippen LogP contribution < -0.4 is 5.32 Å². The van der Waals surface area contributed by atoms with Gasteiger partial charge >= 0.3 is 0 Å². The van der Waals surface area contributed by atoms with Crippen molar-refractivity contribution < 1.29 is 4.42 Å². The molecule has 71 heavy (non-hydrogen) atoms. The van der Waals surface area contributed by atoms with Gasteiger partial charge in [0.05, 0.1) is 27.8 Å². The van der Waals surface area contributed by atoms with Crippen LogP contribution in [0.25, 0.3) is 115 Å². The van der Waals surface area contributed by atoms with E-state index >= 15 is 0 Å². The second kappa shape index (κ2) is 15.5. The van der Waals surface area contributed by atoms with Gasteiger partial charge in [0.25, 0.3) is 0 Å². The maximum Gasteiger partial charge on any atom is 0.234 e. The first-order valence-corrected chi connectivity index (χ1v) is 24.2. The van der Waals surface area contributed by atoms with Gasteiger partial charge in [0.1, 0.15) is 17.0 Å². The number of aliphatic imine (C=N–C) groups is 2. The summed E-state index contributed by atoms with van der Waals surface area (Å²) in [7, 11) is 0. The molecule has 15 rings (SSSR count). The largest absolute Gasteiger partial charge is 0.456 e. The van der Waals surface area contributed by atoms with Gasteiger partial charge in [0, 0.05) is 55.1 Å². The zero-order valence-electron chi connectivity index (χ0n) is 38.3. The fraction of sp³-hybridized carbons (Fsp3) is 0.0154. The Morgan fingerprint density at radius 1 is 0.380 bits per heavy atom. The summed E-state index contributed by atoms with van der Waals surface area (Å²) in [6, 6.07) is 84.7. The zero-order chi connectivity index (χ0) is 46.6. The molecule has 0 saturated carbocycles. The highest BCUT2D eigenvalue weighted by molar-refractivity contribution is 6.19. The van der Waals surface area contributed by atoms with E-state index in [1.54, 1.807) is 0 Å². The highest BCUT2D eigenvalue weighted by Crippen LogP contribution is 2.46. The number of nitrogens with one attached hydrogen (secondary N) is 1. The van der Waals surface area contributed by atoms with E-state index < -0.39 is 6.17 Å². The third-order valence-corrected chi connectivity index (χ3v) is 14.6. The second-order valence-electron chi connectivity index (χ2n) is 18.5. The molecule has 1 atom stereocenters. The van der Waals surface area contributed by atoms with Crippen LogP contribution >= 0.6 is 0 Å². The minimum absolute atomic E-state index is 0.515. The number of para-hydroxylation sites is 3. The van der Waals surface area contributed by atoms with Crippen molar-refractivity contribution in [2.45, 2.75) is 6.17 Å². The van der Waals surface area contributed by atoms with Gasteiger partial charge in [0.15, 0.2) is 6.17 Å². The van der Waals surface area contributed by atoms with Gasteiger partial charge < -0.3 is 14.3 Å². The van der Waals surface area contributed by atoms with Crippen LogP contribution in [0.15, 0.2) is 251 Å². The molecule has 0 fully saturated rings. The van der Waals surface area contributed by atoms with Gasteiger partial charge in [-0.3, -0.25) is 4.57 Å². The first-order chi connectivity index (χ1) is 35.2. The fourth-order valence-electron chi connectivity index (χ4n) is 11.4. The Kier molecular flexibility index (Phi) is 8.62. The lowest BCUT2D eigenvalue weighted by atomic mass is 9.89. The molecule has 11 aromatic carbocycles. The van der Waals surface area contributed by atoms with Gasteiger partial charge in [-0.2, -0.15) is 4.99 Å². The van der Waals surface area contributed by atoms with Crippen molar-refractivity contribution >= 4 is 98.9 Å². The lowest BCUT2D eigenvalue weighted by Gasteiger charge is -2.25. The summed E-state index contributed by atoms with van der Waals surface area (Å²) in [6.45, 7) is 0. The summed E-state index contributed by atoms with van der Waals surface area (Å²) < 4.78 is 11.7. The van der Waals surface area contributed by atoms with Crippen LogP contribution in [-0.4, -0.2) is 20.9 Å². The van der Waals surface area contributed by atoms with Crippen molar-refractivity contribution in [2.24, 2.45) is 9.98 Å². The molecule has 0 amide bonds. The van der Waals surface area contributed by atoms with Crippen LogP contribution in [0.1, 0.15) is 17.3 Å². The van der Waals surface area contributed by atoms with Gasteiger partial charge in [-0.1, -0.05) is 188 Å². The molecule has 14 aromatic rings. The number of hydrogen-bond acceptors (Lipinski definition) is 4. The second-order valence-corrected chi connectivity index (χ2v) is 18.5. The van der Waals surface area contributed by atoms with E-state index in [2.05, 4.69) is 245 Å². The molecule has 0 saturated heterocycles. The Bertz CT molecular complexity index is 4510. The van der Waals surface area contributed by atoms with E-state index in [1.807, 2.05) is 6.07 Å². The van der Waals surface area contributed by atoms with Crippen LogP contribution in [0.3, 0.4) is 0 Å². The molecule has 0 bridgehead atoms. The van der Waals surface area contributed by atoms with Crippen molar-refractivity contribution in [1.29, 1.82) is 0 Å². The summed E-state index contributed by atoms with van der Waals surface area (Å²) >= 11 is 0. The molecule has 1 unspecified atom stereocenters. The molecule has 332 valence electrons. The minimum atomic E-state index is -0.515. The van der Waals surface area contributed by atoms with E-state index in [0.717, 1.165) is 94.1 Å². The zero-order valence-corrected chi connectivity index (χ0v) is 38.3. The smallest absolute Gasteiger partial charge is 0.234 e. The molecular weight excluding hydrogens is 867 g/mol. The molecule has 1 N–H and O–H groups in total. The maximum atomic E-state index is 7.08. The van der Waals surface area contributed by atoms with Crippen molar-refractivity contribution in [3.63, 3.8) is 0 Å². The summed E-state index contributed by atoms with van der Waals surface area (Å²) in [6.07, 6.45) is -0.515. The number of rotatable bonds is 5. The van der Waals surface area contributed by atoms with E-state index in [9.17, 15) is 0 Å². The number of hydrogen-bond donors (Lipinski definition) is 1. The predicted octanol–water partition coefficient (Wildman–Crippen LogP) is 16.4. The Balaban J connectivity index is 1.02. The maximum absolute atomic E-state index is 7.08. The van der Waals surface area contributed by atoms with Gasteiger partial charge in [-0.15, -0.1) is 0 Å². The minimum Gasteiger partial charge on any atom is -0.456 e. The number of aromatic nitrogens is 2. The van der Waals surface area contributed by atoms with Crippen LogP contribution in [0, 0.1) is 0 Å². The molecule has 3 aromatic heterocycles. The van der Waals surface area contributed by atoms with Crippen LogP contribution in [-0.2, 0) is 0 Å². The Labute approximate surface area is 407 Å². The molecule has 1 aliphatic rings. The molecule has 4 heterocycles. The number of benzene rings is 11. The highest BCUT2D eigenvalue weighted by Gasteiger charge is 2.28. The summed E-state index contributed by atoms with van der Waals surface area (Å²) in [5, 5.41) is 15.3. The van der Waals surface area contributed by atoms with Crippen LogP contribution in [0.2, 0.25) is 0 Å². The number of furan rings is 1. The van der Waals surface area contributed by atoms with Gasteiger partial charge in [-0.25, -0.2) is 4.99 Å². The lowest BCUT2D eigenvalue weighted by Crippen LogP contribution is -2.35. The monoisotopic (exact) mass is 907 g/mol. The molecule has 0 radical (unpaired) electrons. The summed E-state index contributed by atoms with van der Waals surface area (Å²) in [5.41, 5.74) is 13.5. The average molecular weight is 908 g/mol. The lowest BCUT2D eigenvalue weighted by molar-refractivity contribution is 0.660. The Morgan fingerprint density at radius 3 is 1.69 bits per heavy atom. The quantitative estimate of drug-likeness (QED) is 0.187. The van der Waals surface area contributed by atoms with Gasteiger partial charge in [-0.05, 0) is 80.7 Å². The predicted molar refractivity (Wildman–Crippen MR) is 295 cm³/mol. The number of nitrogens with zero attached hydrogens (tertiary/aromatic N) is 4. The molecule has 1 aliphatic heterocycles. The summed E-state index contributed by atoms with van der Waals surface area (Å²) in [5.74, 6) is 1.36. The topological polar surface area (TPSA) is 59.8 Å². The van der Waals surface area contributed by atoms with E-state index in [4.69, 9.17) is 14.4 Å². The van der Waals surface area contributed by atoms with E-state index in [0.29, 0.717) is 5.96 Å². The van der Waals surface area contributed by atoms with Crippen molar-refractivity contribution in [3.05, 3.63) is 248 Å². The van der Waals surface area contributed by atoms with Crippen LogP contribution in [0.5, 0.6) is 0 Å². The number of fused-ring (bicyclic) bond motifs is 11. The Hall–Kier alpha value is -9.52. The van der Waals surface area contributed by atoms with E-state index in [-0.39, 0.29) is 0 Å². The molecule has 6 nitrogen and oxygen atoms in total. The normalized spacial score (nSPS) is 14.1. The van der Waals surface area contributed by atoms with Gasteiger partial charge in [0.2, 0.25) is 5.96 Å².